The first-order valence-corrected chi connectivity index (χ1v) is 11.0. The van der Waals surface area contributed by atoms with Gasteiger partial charge in [-0.05, 0) is 75.7 Å². The molecular weight excluding hydrogens is 324 g/mol. The Morgan fingerprint density at radius 3 is 2.77 bits per heavy atom. The van der Waals surface area contributed by atoms with E-state index in [9.17, 15) is 5.11 Å². The lowest BCUT2D eigenvalue weighted by atomic mass is 9.77. The first kappa shape index (κ1) is 21.9. The largest absolute Gasteiger partial charge is 0.389 e. The molecule has 6 atom stereocenters. The highest BCUT2D eigenvalue weighted by Gasteiger charge is 2.43. The monoisotopic (exact) mass is 366 g/mol. The summed E-state index contributed by atoms with van der Waals surface area (Å²) < 4.78 is 12.7. The van der Waals surface area contributed by atoms with Gasteiger partial charge in [0.15, 0.2) is 0 Å². The van der Waals surface area contributed by atoms with Crippen LogP contribution in [0.1, 0.15) is 86.0 Å². The van der Waals surface area contributed by atoms with E-state index in [1.165, 1.54) is 32.1 Å². The average molecular weight is 367 g/mol. The summed E-state index contributed by atoms with van der Waals surface area (Å²) >= 11 is 0. The van der Waals surface area contributed by atoms with Crippen molar-refractivity contribution in [2.45, 2.75) is 104 Å². The third-order valence-electron chi connectivity index (χ3n) is 6.55. The second-order valence-corrected chi connectivity index (χ2v) is 9.22. The van der Waals surface area contributed by atoms with Crippen LogP contribution in [0.4, 0.5) is 0 Å². The predicted molar refractivity (Wildman–Crippen MR) is 108 cm³/mol. The van der Waals surface area contributed by atoms with Crippen LogP contribution in [0, 0.1) is 17.8 Å². The summed E-state index contributed by atoms with van der Waals surface area (Å²) in [7, 11) is 0. The molecule has 0 amide bonds. The molecular formula is C23H42O3. The second-order valence-electron chi connectivity index (χ2n) is 9.22. The molecule has 2 fully saturated rings. The van der Waals surface area contributed by atoms with Gasteiger partial charge in [-0.1, -0.05) is 39.7 Å². The number of allylic oxidation sites excluding steroid dienone is 1. The van der Waals surface area contributed by atoms with Gasteiger partial charge in [-0.25, -0.2) is 0 Å². The smallest absolute Gasteiger partial charge is 0.0922 e. The minimum atomic E-state index is -0.337. The van der Waals surface area contributed by atoms with Gasteiger partial charge in [-0.15, -0.1) is 0 Å². The zero-order valence-corrected chi connectivity index (χ0v) is 17.8. The number of hydrogen-bond donors (Lipinski definition) is 1. The molecule has 3 nitrogen and oxygen atoms in total. The van der Waals surface area contributed by atoms with Gasteiger partial charge in [-0.3, -0.25) is 0 Å². The predicted octanol–water partition coefficient (Wildman–Crippen LogP) is 5.51. The number of ether oxygens (including phenoxy) is 2. The summed E-state index contributed by atoms with van der Waals surface area (Å²) in [5, 5.41) is 9.66. The first-order valence-electron chi connectivity index (χ1n) is 11.0. The van der Waals surface area contributed by atoms with Crippen molar-refractivity contribution < 1.29 is 14.6 Å². The van der Waals surface area contributed by atoms with Crippen LogP contribution in [-0.2, 0) is 9.47 Å². The molecule has 1 N–H and O–H groups in total. The Balaban J connectivity index is 1.87. The Bertz CT molecular complexity index is 445. The molecule has 2 rings (SSSR count). The van der Waals surface area contributed by atoms with Crippen LogP contribution in [0.5, 0.6) is 0 Å². The fourth-order valence-corrected chi connectivity index (χ4v) is 4.59. The molecule has 2 heterocycles. The molecule has 2 saturated heterocycles. The number of rotatable bonds is 8. The van der Waals surface area contributed by atoms with E-state index in [2.05, 4.69) is 26.8 Å². The second kappa shape index (κ2) is 10.2. The van der Waals surface area contributed by atoms with Crippen molar-refractivity contribution >= 4 is 0 Å². The third kappa shape index (κ3) is 6.35. The van der Waals surface area contributed by atoms with E-state index in [0.29, 0.717) is 23.9 Å². The Morgan fingerprint density at radius 1 is 1.31 bits per heavy atom. The van der Waals surface area contributed by atoms with E-state index < -0.39 is 0 Å². The molecule has 0 radical (unpaired) electrons. The summed E-state index contributed by atoms with van der Waals surface area (Å²) in [5.41, 5.74) is 1.06. The fourth-order valence-electron chi connectivity index (χ4n) is 4.59. The average Bonchev–Trinajstić information content (AvgIpc) is 2.61. The molecule has 0 bridgehead atoms. The van der Waals surface area contributed by atoms with Crippen molar-refractivity contribution in [3.63, 3.8) is 0 Å². The highest BCUT2D eigenvalue weighted by atomic mass is 16.6. The van der Waals surface area contributed by atoms with Crippen molar-refractivity contribution in [1.82, 2.24) is 0 Å². The van der Waals surface area contributed by atoms with Crippen molar-refractivity contribution in [2.24, 2.45) is 17.8 Å². The Hall–Kier alpha value is -0.380. The van der Waals surface area contributed by atoms with Crippen molar-refractivity contribution in [2.75, 3.05) is 13.2 Å². The summed E-state index contributed by atoms with van der Waals surface area (Å²) in [5.74, 6) is 1.79. The Morgan fingerprint density at radius 2 is 2.08 bits per heavy atom. The van der Waals surface area contributed by atoms with Crippen LogP contribution in [0.2, 0.25) is 0 Å². The maximum atomic E-state index is 9.66. The van der Waals surface area contributed by atoms with E-state index in [4.69, 9.17) is 9.47 Å². The Labute approximate surface area is 161 Å². The minimum absolute atomic E-state index is 0.0254. The molecule has 3 heteroatoms. The van der Waals surface area contributed by atoms with Crippen LogP contribution >= 0.6 is 0 Å². The highest BCUT2D eigenvalue weighted by molar-refractivity contribution is 5.04. The van der Waals surface area contributed by atoms with Gasteiger partial charge in [0.05, 0.1) is 24.4 Å². The van der Waals surface area contributed by atoms with Crippen LogP contribution in [0.15, 0.2) is 11.6 Å². The SMILES string of the molecule is CCCCC1OC2(CCC1C)COCC(CCC(C)/C=C(\C)C(C)O)C2. The van der Waals surface area contributed by atoms with Gasteiger partial charge in [-0.2, -0.15) is 0 Å². The summed E-state index contributed by atoms with van der Waals surface area (Å²) in [4.78, 5) is 0. The van der Waals surface area contributed by atoms with Crippen LogP contribution < -0.4 is 0 Å². The zero-order chi connectivity index (χ0) is 19.2. The molecule has 26 heavy (non-hydrogen) atoms. The summed E-state index contributed by atoms with van der Waals surface area (Å²) in [6.45, 7) is 12.4. The highest BCUT2D eigenvalue weighted by Crippen LogP contribution is 2.41. The number of aliphatic hydroxyl groups is 1. The molecule has 0 aromatic heterocycles. The number of hydrogen-bond acceptors (Lipinski definition) is 3. The molecule has 2 aliphatic heterocycles. The van der Waals surface area contributed by atoms with E-state index in [1.807, 2.05) is 13.8 Å². The van der Waals surface area contributed by atoms with Crippen LogP contribution in [0.3, 0.4) is 0 Å². The van der Waals surface area contributed by atoms with Crippen molar-refractivity contribution in [3.05, 3.63) is 11.6 Å². The maximum absolute atomic E-state index is 9.66. The molecule has 1 spiro atoms. The molecule has 0 aliphatic carbocycles. The molecule has 0 saturated carbocycles. The van der Waals surface area contributed by atoms with Gasteiger partial charge in [0.25, 0.3) is 0 Å². The van der Waals surface area contributed by atoms with Crippen LogP contribution in [0.25, 0.3) is 0 Å². The fraction of sp³-hybridized carbons (Fsp3) is 0.913. The topological polar surface area (TPSA) is 38.7 Å². The van der Waals surface area contributed by atoms with E-state index in [-0.39, 0.29) is 11.7 Å². The molecule has 152 valence electrons. The van der Waals surface area contributed by atoms with Gasteiger partial charge in [0.1, 0.15) is 0 Å². The van der Waals surface area contributed by atoms with E-state index in [0.717, 1.165) is 38.0 Å². The third-order valence-corrected chi connectivity index (χ3v) is 6.55. The summed E-state index contributed by atoms with van der Waals surface area (Å²) in [6, 6.07) is 0. The van der Waals surface area contributed by atoms with Crippen LogP contribution in [-0.4, -0.2) is 36.1 Å². The van der Waals surface area contributed by atoms with Gasteiger partial charge in [0.2, 0.25) is 0 Å². The van der Waals surface area contributed by atoms with Crippen molar-refractivity contribution in [1.29, 1.82) is 0 Å². The minimum Gasteiger partial charge on any atom is -0.389 e. The zero-order valence-electron chi connectivity index (χ0n) is 17.8. The first-order chi connectivity index (χ1) is 12.3. The quantitative estimate of drug-likeness (QED) is 0.576. The molecule has 0 aromatic rings. The lowest BCUT2D eigenvalue weighted by Gasteiger charge is -2.48. The number of aliphatic hydroxyl groups excluding tert-OH is 1. The normalized spacial score (nSPS) is 35.5. The molecule has 2 aliphatic rings. The van der Waals surface area contributed by atoms with Gasteiger partial charge >= 0.3 is 0 Å². The molecule has 0 aromatic carbocycles. The number of unbranched alkanes of at least 4 members (excludes halogenated alkanes) is 1. The lowest BCUT2D eigenvalue weighted by molar-refractivity contribution is -0.211. The lowest BCUT2D eigenvalue weighted by Crippen LogP contribution is -2.51. The van der Waals surface area contributed by atoms with Gasteiger partial charge in [0, 0.05) is 6.61 Å². The van der Waals surface area contributed by atoms with Crippen molar-refractivity contribution in [3.8, 4) is 0 Å². The summed E-state index contributed by atoms with van der Waals surface area (Å²) in [6.07, 6.45) is 12.0. The molecule has 6 unspecified atom stereocenters. The standard InChI is InChI=1S/C23H42O3/c1-6-7-8-22-18(3)11-12-23(26-22)14-21(15-25-16-23)10-9-17(2)13-19(4)20(5)24/h13,17-18,20-22,24H,6-12,14-16H2,1-5H3/b19-13+. The van der Waals surface area contributed by atoms with E-state index in [1.54, 1.807) is 0 Å². The van der Waals surface area contributed by atoms with Gasteiger partial charge < -0.3 is 14.6 Å². The van der Waals surface area contributed by atoms with E-state index >= 15 is 0 Å². The maximum Gasteiger partial charge on any atom is 0.0922 e. The Kier molecular flexibility index (Phi) is 8.63.